The van der Waals surface area contributed by atoms with E-state index in [1.54, 1.807) is 13.8 Å². The fourth-order valence-corrected chi connectivity index (χ4v) is 1.86. The average molecular weight is 335 g/mol. The molecule has 1 aromatic heterocycles. The Bertz CT molecular complexity index is 547. The monoisotopic (exact) mass is 335 g/mol. The quantitative estimate of drug-likeness (QED) is 0.566. The number of hydrogen-bond acceptors (Lipinski definition) is 5. The van der Waals surface area contributed by atoms with Gasteiger partial charge in [-0.05, 0) is 25.5 Å². The highest BCUT2D eigenvalue weighted by molar-refractivity contribution is 7.80. The molecule has 122 valence electrons. The number of alkyl halides is 3. The lowest BCUT2D eigenvalue weighted by Crippen LogP contribution is -2.20. The van der Waals surface area contributed by atoms with Gasteiger partial charge in [0.05, 0.1) is 18.7 Å². The zero-order valence-corrected chi connectivity index (χ0v) is 13.0. The van der Waals surface area contributed by atoms with Crippen LogP contribution in [0.2, 0.25) is 0 Å². The number of nitrogens with zero attached hydrogens (tertiary/aromatic N) is 1. The molecule has 1 rings (SSSR count). The Morgan fingerprint density at radius 2 is 2.09 bits per heavy atom. The first kappa shape index (κ1) is 18.3. The van der Waals surface area contributed by atoms with Crippen molar-refractivity contribution in [2.24, 2.45) is 0 Å². The number of rotatable bonds is 7. The van der Waals surface area contributed by atoms with Gasteiger partial charge in [0.2, 0.25) is 0 Å². The Hall–Kier alpha value is -1.70. The number of thiocarbonyl (C=S) groups is 1. The summed E-state index contributed by atoms with van der Waals surface area (Å²) in [5.41, 5.74) is 0.932. The maximum atomic E-state index is 12.3. The van der Waals surface area contributed by atoms with Crippen LogP contribution in [0.5, 0.6) is 5.75 Å². The van der Waals surface area contributed by atoms with E-state index in [0.29, 0.717) is 10.4 Å². The molecule has 0 spiro atoms. The van der Waals surface area contributed by atoms with Gasteiger partial charge in [0.1, 0.15) is 5.75 Å². The highest BCUT2D eigenvalue weighted by atomic mass is 32.1. The number of ether oxygens (including phenoxy) is 2. The number of aryl methyl sites for hydroxylation is 1. The lowest BCUT2D eigenvalue weighted by Gasteiger charge is -2.13. The molecule has 0 radical (unpaired) electrons. The highest BCUT2D eigenvalue weighted by Crippen LogP contribution is 2.23. The molecule has 0 saturated heterocycles. The Morgan fingerprint density at radius 3 is 2.68 bits per heavy atom. The topological polar surface area (TPSA) is 48.4 Å². The highest BCUT2D eigenvalue weighted by Gasteiger charge is 2.29. The van der Waals surface area contributed by atoms with Gasteiger partial charge in [-0.2, -0.15) is 13.2 Å². The molecule has 22 heavy (non-hydrogen) atoms. The largest absolute Gasteiger partial charge is 0.482 e. The van der Waals surface area contributed by atoms with E-state index in [-0.39, 0.29) is 30.9 Å². The average Bonchev–Trinajstić information content (AvgIpc) is 2.38. The third-order valence-corrected chi connectivity index (χ3v) is 2.76. The minimum Gasteiger partial charge on any atom is -0.482 e. The summed E-state index contributed by atoms with van der Waals surface area (Å²) in [6, 6.07) is 1.46. The predicted molar refractivity (Wildman–Crippen MR) is 78.1 cm³/mol. The van der Waals surface area contributed by atoms with Crippen LogP contribution in [-0.2, 0) is 16.0 Å². The Morgan fingerprint density at radius 1 is 1.41 bits per heavy atom. The van der Waals surface area contributed by atoms with Gasteiger partial charge in [-0.25, -0.2) is 0 Å². The first-order valence-electron chi connectivity index (χ1n) is 6.53. The summed E-state index contributed by atoms with van der Waals surface area (Å²) in [6.45, 7) is 2.19. The van der Waals surface area contributed by atoms with Crippen LogP contribution < -0.4 is 4.74 Å². The molecular formula is C14H16F3NO3S. The number of esters is 1. The van der Waals surface area contributed by atoms with E-state index in [1.807, 2.05) is 0 Å². The third-order valence-electron chi connectivity index (χ3n) is 2.47. The summed E-state index contributed by atoms with van der Waals surface area (Å²) in [5.74, 6) is -0.457. The van der Waals surface area contributed by atoms with Gasteiger partial charge < -0.3 is 9.47 Å². The Labute approximate surface area is 131 Å². The van der Waals surface area contributed by atoms with Gasteiger partial charge in [0.25, 0.3) is 0 Å². The summed E-state index contributed by atoms with van der Waals surface area (Å²) in [6.07, 6.45) is -2.95. The normalized spacial score (nSPS) is 11.1. The molecule has 0 fully saturated rings. The molecule has 0 aromatic carbocycles. The number of carbonyl (C=O) groups is 1. The van der Waals surface area contributed by atoms with Crippen LogP contribution in [0.15, 0.2) is 12.3 Å². The lowest BCUT2D eigenvalue weighted by molar-refractivity contribution is -0.153. The van der Waals surface area contributed by atoms with Crippen molar-refractivity contribution in [2.45, 2.75) is 32.9 Å². The van der Waals surface area contributed by atoms with Crippen LogP contribution in [0.25, 0.3) is 0 Å². The molecule has 0 N–H and O–H groups in total. The van der Waals surface area contributed by atoms with Crippen molar-refractivity contribution in [1.29, 1.82) is 0 Å². The van der Waals surface area contributed by atoms with Crippen LogP contribution in [-0.4, -0.2) is 35.2 Å². The van der Waals surface area contributed by atoms with E-state index < -0.39 is 18.8 Å². The molecule has 0 bridgehead atoms. The molecule has 4 nitrogen and oxygen atoms in total. The summed E-state index contributed by atoms with van der Waals surface area (Å²) in [4.78, 5) is 15.7. The molecule has 0 saturated carbocycles. The fraction of sp³-hybridized carbons (Fsp3) is 0.500. The Kier molecular flexibility index (Phi) is 6.73. The first-order chi connectivity index (χ1) is 10.2. The van der Waals surface area contributed by atoms with Crippen molar-refractivity contribution < 1.29 is 27.4 Å². The van der Waals surface area contributed by atoms with Crippen LogP contribution in [0.4, 0.5) is 13.2 Å². The van der Waals surface area contributed by atoms with Gasteiger partial charge in [-0.3, -0.25) is 9.78 Å². The van der Waals surface area contributed by atoms with Crippen LogP contribution >= 0.6 is 12.2 Å². The van der Waals surface area contributed by atoms with E-state index >= 15 is 0 Å². The Balaban J connectivity index is 2.77. The minimum absolute atomic E-state index is 0.0172. The fourth-order valence-electron chi connectivity index (χ4n) is 1.61. The summed E-state index contributed by atoms with van der Waals surface area (Å²) >= 11 is 5.06. The molecule has 0 amide bonds. The van der Waals surface area contributed by atoms with E-state index in [4.69, 9.17) is 21.7 Å². The molecular weight excluding hydrogens is 319 g/mol. The zero-order valence-electron chi connectivity index (χ0n) is 12.2. The van der Waals surface area contributed by atoms with E-state index in [1.165, 1.54) is 12.3 Å². The standard InChI is InChI=1S/C14H16F3NO3S/c1-3-20-13(19)6-10(22)5-11-12(4-9(2)7-18-11)21-8-14(15,16)17/h4,7H,3,5-6,8H2,1-2H3. The number of aromatic nitrogens is 1. The predicted octanol–water partition coefficient (Wildman–Crippen LogP) is 3.20. The maximum Gasteiger partial charge on any atom is 0.422 e. The van der Waals surface area contributed by atoms with Crippen LogP contribution in [0.3, 0.4) is 0 Å². The molecule has 0 atom stereocenters. The third kappa shape index (κ3) is 6.84. The van der Waals surface area contributed by atoms with Crippen molar-refractivity contribution in [2.75, 3.05) is 13.2 Å². The van der Waals surface area contributed by atoms with Crippen molar-refractivity contribution in [3.05, 3.63) is 23.5 Å². The summed E-state index contributed by atoms with van der Waals surface area (Å²) in [7, 11) is 0. The van der Waals surface area contributed by atoms with Gasteiger partial charge in [0.15, 0.2) is 6.61 Å². The molecule has 0 aliphatic rings. The first-order valence-corrected chi connectivity index (χ1v) is 6.94. The zero-order chi connectivity index (χ0) is 16.8. The van der Waals surface area contributed by atoms with Crippen LogP contribution in [0, 0.1) is 6.92 Å². The number of carbonyl (C=O) groups excluding carboxylic acids is 1. The number of halogens is 3. The second-order valence-corrected chi connectivity index (χ2v) is 5.14. The minimum atomic E-state index is -4.44. The van der Waals surface area contributed by atoms with Gasteiger partial charge in [-0.15, -0.1) is 0 Å². The smallest absolute Gasteiger partial charge is 0.422 e. The van der Waals surface area contributed by atoms with Crippen molar-refractivity contribution in [1.82, 2.24) is 4.98 Å². The van der Waals surface area contributed by atoms with E-state index in [9.17, 15) is 18.0 Å². The second kappa shape index (κ2) is 8.07. The van der Waals surface area contributed by atoms with E-state index in [2.05, 4.69) is 4.98 Å². The van der Waals surface area contributed by atoms with Gasteiger partial charge in [0, 0.05) is 17.5 Å². The van der Waals surface area contributed by atoms with Crippen molar-refractivity contribution >= 4 is 23.1 Å². The van der Waals surface area contributed by atoms with E-state index in [0.717, 1.165) is 0 Å². The van der Waals surface area contributed by atoms with Crippen molar-refractivity contribution in [3.63, 3.8) is 0 Å². The summed E-state index contributed by atoms with van der Waals surface area (Å²) < 4.78 is 46.3. The molecule has 1 heterocycles. The molecule has 0 aliphatic heterocycles. The lowest BCUT2D eigenvalue weighted by atomic mass is 10.1. The molecule has 0 unspecified atom stereocenters. The molecule has 1 aromatic rings. The summed E-state index contributed by atoms with van der Waals surface area (Å²) in [5, 5.41) is 0. The maximum absolute atomic E-state index is 12.3. The van der Waals surface area contributed by atoms with Gasteiger partial charge in [-0.1, -0.05) is 12.2 Å². The SMILES string of the molecule is CCOC(=O)CC(=S)Cc1ncc(C)cc1OCC(F)(F)F. The number of pyridine rings is 1. The second-order valence-electron chi connectivity index (χ2n) is 4.56. The van der Waals surface area contributed by atoms with Gasteiger partial charge >= 0.3 is 12.1 Å². The van der Waals surface area contributed by atoms with Crippen molar-refractivity contribution in [3.8, 4) is 5.75 Å². The number of hydrogen-bond donors (Lipinski definition) is 0. The molecule has 0 aliphatic carbocycles. The van der Waals surface area contributed by atoms with Crippen LogP contribution in [0.1, 0.15) is 24.6 Å². The molecule has 8 heteroatoms.